The van der Waals surface area contributed by atoms with E-state index in [1.165, 1.54) is 0 Å². The van der Waals surface area contributed by atoms with Gasteiger partial charge in [-0.25, -0.2) is 0 Å². The van der Waals surface area contributed by atoms with E-state index in [1.807, 2.05) is 13.8 Å². The van der Waals surface area contributed by atoms with Crippen molar-refractivity contribution < 1.29 is 4.79 Å². The molecule has 2 atom stereocenters. The summed E-state index contributed by atoms with van der Waals surface area (Å²) in [5, 5.41) is 3.96. The molecular weight excluding hydrogens is 271 g/mol. The molecule has 0 saturated carbocycles. The summed E-state index contributed by atoms with van der Waals surface area (Å²) in [6.07, 6.45) is 1.55. The molecule has 5 heteroatoms. The minimum atomic E-state index is -0.469. The Bertz CT molecular complexity index is 423. The number of benzene rings is 1. The number of rotatable bonds is 5. The first-order valence-electron chi connectivity index (χ1n) is 5.96. The van der Waals surface area contributed by atoms with Gasteiger partial charge in [-0.15, -0.1) is 0 Å². The van der Waals surface area contributed by atoms with Gasteiger partial charge in [0.2, 0.25) is 5.91 Å². The molecule has 1 amide bonds. The highest BCUT2D eigenvalue weighted by atomic mass is 35.5. The molecule has 18 heavy (non-hydrogen) atoms. The maximum atomic E-state index is 11.8. The van der Waals surface area contributed by atoms with E-state index < -0.39 is 6.04 Å². The number of nitrogens with two attached hydrogens (primary N) is 1. The molecule has 0 heterocycles. The van der Waals surface area contributed by atoms with Gasteiger partial charge in [0.25, 0.3) is 0 Å². The molecule has 0 aliphatic rings. The second-order valence-corrected chi connectivity index (χ2v) is 5.13. The van der Waals surface area contributed by atoms with Crippen LogP contribution in [0.4, 0.5) is 0 Å². The minimum absolute atomic E-state index is 0.157. The Morgan fingerprint density at radius 3 is 2.67 bits per heavy atom. The molecule has 1 aromatic rings. The lowest BCUT2D eigenvalue weighted by Crippen LogP contribution is -2.41. The summed E-state index contributed by atoms with van der Waals surface area (Å²) in [7, 11) is 0. The highest BCUT2D eigenvalue weighted by Crippen LogP contribution is 2.26. The van der Waals surface area contributed by atoms with Gasteiger partial charge in [0.15, 0.2) is 0 Å². The second-order valence-electron chi connectivity index (χ2n) is 4.29. The fraction of sp³-hybridized carbons (Fsp3) is 0.462. The van der Waals surface area contributed by atoms with Crippen molar-refractivity contribution in [2.45, 2.75) is 38.8 Å². The molecule has 3 nitrogen and oxygen atoms in total. The summed E-state index contributed by atoms with van der Waals surface area (Å²) in [5.41, 5.74) is 6.58. The Hall–Kier alpha value is -0.770. The fourth-order valence-electron chi connectivity index (χ4n) is 1.69. The van der Waals surface area contributed by atoms with Gasteiger partial charge in [0.05, 0.1) is 12.1 Å². The first kappa shape index (κ1) is 15.3. The minimum Gasteiger partial charge on any atom is -0.348 e. The Morgan fingerprint density at radius 2 is 2.11 bits per heavy atom. The molecule has 0 aliphatic heterocycles. The SMILES string of the molecule is CCC[C@@H](N)C(=O)NC(C)c1ccc(Cl)cc1Cl. The molecule has 0 saturated heterocycles. The third-order valence-electron chi connectivity index (χ3n) is 2.72. The summed E-state index contributed by atoms with van der Waals surface area (Å²) < 4.78 is 0. The zero-order chi connectivity index (χ0) is 13.7. The van der Waals surface area contributed by atoms with Gasteiger partial charge in [-0.05, 0) is 31.0 Å². The van der Waals surface area contributed by atoms with E-state index in [0.29, 0.717) is 16.5 Å². The molecule has 0 radical (unpaired) electrons. The maximum absolute atomic E-state index is 11.8. The van der Waals surface area contributed by atoms with Crippen molar-refractivity contribution in [2.75, 3.05) is 0 Å². The Morgan fingerprint density at radius 1 is 1.44 bits per heavy atom. The maximum Gasteiger partial charge on any atom is 0.237 e. The highest BCUT2D eigenvalue weighted by Gasteiger charge is 2.17. The van der Waals surface area contributed by atoms with Crippen molar-refractivity contribution in [3.8, 4) is 0 Å². The lowest BCUT2D eigenvalue weighted by atomic mass is 10.1. The first-order chi connectivity index (χ1) is 8.45. The fourth-order valence-corrected chi connectivity index (χ4v) is 2.27. The highest BCUT2D eigenvalue weighted by molar-refractivity contribution is 6.35. The monoisotopic (exact) mass is 288 g/mol. The van der Waals surface area contributed by atoms with Crippen LogP contribution in [0.1, 0.15) is 38.3 Å². The Balaban J connectivity index is 2.70. The zero-order valence-electron chi connectivity index (χ0n) is 10.5. The lowest BCUT2D eigenvalue weighted by molar-refractivity contribution is -0.123. The van der Waals surface area contributed by atoms with Gasteiger partial charge in [0, 0.05) is 10.0 Å². The molecule has 0 aromatic heterocycles. The summed E-state index contributed by atoms with van der Waals surface area (Å²) in [4.78, 5) is 11.8. The summed E-state index contributed by atoms with van der Waals surface area (Å²) in [5.74, 6) is -0.157. The van der Waals surface area contributed by atoms with Crippen molar-refractivity contribution in [2.24, 2.45) is 5.73 Å². The van der Waals surface area contributed by atoms with Crippen LogP contribution in [0, 0.1) is 0 Å². The lowest BCUT2D eigenvalue weighted by Gasteiger charge is -2.18. The van der Waals surface area contributed by atoms with Crippen LogP contribution in [0.15, 0.2) is 18.2 Å². The number of hydrogen-bond donors (Lipinski definition) is 2. The summed E-state index contributed by atoms with van der Waals surface area (Å²) in [6.45, 7) is 3.86. The van der Waals surface area contributed by atoms with Crippen LogP contribution >= 0.6 is 23.2 Å². The largest absolute Gasteiger partial charge is 0.348 e. The Labute approximate surface area is 118 Å². The molecule has 3 N–H and O–H groups in total. The van der Waals surface area contributed by atoms with Crippen LogP contribution in [0.5, 0.6) is 0 Å². The van der Waals surface area contributed by atoms with Crippen molar-refractivity contribution in [1.82, 2.24) is 5.32 Å². The number of nitrogens with one attached hydrogen (secondary N) is 1. The van der Waals surface area contributed by atoms with Crippen molar-refractivity contribution >= 4 is 29.1 Å². The number of carbonyl (C=O) groups excluding carboxylic acids is 1. The van der Waals surface area contributed by atoms with Crippen LogP contribution in [-0.2, 0) is 4.79 Å². The predicted octanol–water partition coefficient (Wildman–Crippen LogP) is 3.30. The summed E-state index contributed by atoms with van der Waals surface area (Å²) in [6, 6.07) is 4.56. The predicted molar refractivity (Wildman–Crippen MR) is 75.9 cm³/mol. The molecule has 0 spiro atoms. The van der Waals surface area contributed by atoms with Crippen LogP contribution < -0.4 is 11.1 Å². The van der Waals surface area contributed by atoms with Crippen LogP contribution in [0.2, 0.25) is 10.0 Å². The smallest absolute Gasteiger partial charge is 0.237 e. The molecule has 0 aliphatic carbocycles. The van der Waals surface area contributed by atoms with Crippen LogP contribution in [0.3, 0.4) is 0 Å². The van der Waals surface area contributed by atoms with Gasteiger partial charge in [0.1, 0.15) is 0 Å². The van der Waals surface area contributed by atoms with Crippen LogP contribution in [0.25, 0.3) is 0 Å². The van der Waals surface area contributed by atoms with Gasteiger partial charge in [-0.1, -0.05) is 42.6 Å². The molecule has 100 valence electrons. The van der Waals surface area contributed by atoms with Crippen molar-refractivity contribution in [3.05, 3.63) is 33.8 Å². The topological polar surface area (TPSA) is 55.1 Å². The molecule has 1 rings (SSSR count). The van der Waals surface area contributed by atoms with E-state index in [2.05, 4.69) is 5.32 Å². The number of carbonyl (C=O) groups is 1. The van der Waals surface area contributed by atoms with Gasteiger partial charge in [-0.3, -0.25) is 4.79 Å². The van der Waals surface area contributed by atoms with Crippen LogP contribution in [-0.4, -0.2) is 11.9 Å². The van der Waals surface area contributed by atoms with E-state index in [4.69, 9.17) is 28.9 Å². The number of halogens is 2. The van der Waals surface area contributed by atoms with E-state index in [1.54, 1.807) is 18.2 Å². The van der Waals surface area contributed by atoms with Crippen molar-refractivity contribution in [1.29, 1.82) is 0 Å². The van der Waals surface area contributed by atoms with Crippen molar-refractivity contribution in [3.63, 3.8) is 0 Å². The summed E-state index contributed by atoms with van der Waals surface area (Å²) >= 11 is 11.9. The standard InChI is InChI=1S/C13H18Cl2N2O/c1-3-4-12(16)13(18)17-8(2)10-6-5-9(14)7-11(10)15/h5-8,12H,3-4,16H2,1-2H3,(H,17,18)/t8?,12-/m1/s1. The molecule has 0 fully saturated rings. The first-order valence-corrected chi connectivity index (χ1v) is 6.72. The third kappa shape index (κ3) is 4.16. The van der Waals surface area contributed by atoms with Gasteiger partial charge in [-0.2, -0.15) is 0 Å². The van der Waals surface area contributed by atoms with Gasteiger partial charge < -0.3 is 11.1 Å². The molecular formula is C13H18Cl2N2O. The zero-order valence-corrected chi connectivity index (χ0v) is 12.1. The Kier molecular flexibility index (Phi) is 5.93. The van der Waals surface area contributed by atoms with E-state index >= 15 is 0 Å². The third-order valence-corrected chi connectivity index (χ3v) is 3.29. The average molecular weight is 289 g/mol. The van der Waals surface area contributed by atoms with E-state index in [9.17, 15) is 4.79 Å². The average Bonchev–Trinajstić information content (AvgIpc) is 2.28. The molecule has 0 bridgehead atoms. The normalized spacial score (nSPS) is 14.1. The van der Waals surface area contributed by atoms with E-state index in [0.717, 1.165) is 12.0 Å². The number of amides is 1. The molecule has 1 aromatic carbocycles. The number of hydrogen-bond acceptors (Lipinski definition) is 2. The second kappa shape index (κ2) is 6.98. The quantitative estimate of drug-likeness (QED) is 0.873. The van der Waals surface area contributed by atoms with Gasteiger partial charge >= 0.3 is 0 Å². The van der Waals surface area contributed by atoms with E-state index in [-0.39, 0.29) is 11.9 Å². The molecule has 1 unspecified atom stereocenters.